The van der Waals surface area contributed by atoms with Gasteiger partial charge in [0.05, 0.1) is 17.0 Å². The van der Waals surface area contributed by atoms with Gasteiger partial charge in [0.25, 0.3) is 0 Å². The second-order valence-electron chi connectivity index (χ2n) is 9.10. The molecule has 0 bridgehead atoms. The van der Waals surface area contributed by atoms with E-state index in [9.17, 15) is 13.6 Å². The molecule has 3 aromatic carbocycles. The van der Waals surface area contributed by atoms with Gasteiger partial charge >= 0.3 is 0 Å². The van der Waals surface area contributed by atoms with E-state index in [4.69, 9.17) is 4.98 Å². The molecule has 0 unspecified atom stereocenters. The van der Waals surface area contributed by atoms with Crippen LogP contribution in [0.1, 0.15) is 5.56 Å². The highest BCUT2D eigenvalue weighted by Crippen LogP contribution is 2.28. The largest absolute Gasteiger partial charge is 0.366 e. The second-order valence-corrected chi connectivity index (χ2v) is 10.0. The Morgan fingerprint density at radius 3 is 2.39 bits per heavy atom. The van der Waals surface area contributed by atoms with E-state index in [1.807, 2.05) is 39.8 Å². The van der Waals surface area contributed by atoms with Crippen LogP contribution in [0.15, 0.2) is 78.0 Å². The Bertz CT molecular complexity index is 1620. The van der Waals surface area contributed by atoms with Crippen LogP contribution in [0.25, 0.3) is 22.1 Å². The summed E-state index contributed by atoms with van der Waals surface area (Å²) in [6, 6.07) is 21.0. The highest BCUT2D eigenvalue weighted by molar-refractivity contribution is 7.99. The Kier molecular flexibility index (Phi) is 6.63. The Balaban J connectivity index is 1.17. The lowest BCUT2D eigenvalue weighted by atomic mass is 10.2. The first-order valence-electron chi connectivity index (χ1n) is 12.3. The fourth-order valence-corrected chi connectivity index (χ4v) is 5.49. The van der Waals surface area contributed by atoms with Gasteiger partial charge in [0.1, 0.15) is 17.2 Å². The zero-order valence-corrected chi connectivity index (χ0v) is 21.2. The Hall–Kier alpha value is -4.05. The molecule has 5 aromatic rings. The van der Waals surface area contributed by atoms with Crippen molar-refractivity contribution < 1.29 is 13.6 Å². The molecular formula is C28H24F2N6OS. The summed E-state index contributed by atoms with van der Waals surface area (Å²) in [6.45, 7) is 2.70. The third-order valence-corrected chi connectivity index (χ3v) is 7.58. The number of anilines is 1. The molecule has 0 N–H and O–H groups in total. The third kappa shape index (κ3) is 4.79. The van der Waals surface area contributed by atoms with Gasteiger partial charge in [0.15, 0.2) is 5.65 Å². The number of rotatable bonds is 6. The molecule has 2 aromatic heterocycles. The van der Waals surface area contributed by atoms with Gasteiger partial charge in [-0.05, 0) is 35.9 Å². The minimum atomic E-state index is -0.281. The molecule has 38 heavy (non-hydrogen) atoms. The fraction of sp³-hybridized carbons (Fsp3) is 0.214. The first kappa shape index (κ1) is 24.3. The molecule has 6 rings (SSSR count). The number of nitrogens with zero attached hydrogens (tertiary/aromatic N) is 6. The zero-order valence-electron chi connectivity index (χ0n) is 20.4. The summed E-state index contributed by atoms with van der Waals surface area (Å²) in [7, 11) is 0. The van der Waals surface area contributed by atoms with Gasteiger partial charge in [-0.15, -0.1) is 10.2 Å². The Morgan fingerprint density at radius 2 is 1.61 bits per heavy atom. The van der Waals surface area contributed by atoms with Crippen LogP contribution in [-0.2, 0) is 11.3 Å². The molecule has 1 saturated heterocycles. The number of amides is 1. The average molecular weight is 531 g/mol. The molecule has 1 amide bonds. The van der Waals surface area contributed by atoms with Crippen molar-refractivity contribution >= 4 is 45.4 Å². The Labute approximate surface area is 222 Å². The average Bonchev–Trinajstić information content (AvgIpc) is 3.26. The zero-order chi connectivity index (χ0) is 26.1. The predicted octanol–water partition coefficient (Wildman–Crippen LogP) is 4.75. The van der Waals surface area contributed by atoms with Gasteiger partial charge in [-0.1, -0.05) is 54.2 Å². The van der Waals surface area contributed by atoms with Gasteiger partial charge in [0.2, 0.25) is 11.1 Å². The van der Waals surface area contributed by atoms with Crippen LogP contribution in [0.4, 0.5) is 14.5 Å². The first-order valence-corrected chi connectivity index (χ1v) is 13.3. The highest BCUT2D eigenvalue weighted by atomic mass is 32.2. The van der Waals surface area contributed by atoms with Gasteiger partial charge in [-0.25, -0.2) is 13.8 Å². The summed E-state index contributed by atoms with van der Waals surface area (Å²) >= 11 is 1.25. The maximum absolute atomic E-state index is 14.1. The predicted molar refractivity (Wildman–Crippen MR) is 144 cm³/mol. The number of benzene rings is 3. The number of para-hydroxylation sites is 2. The molecule has 0 aliphatic carbocycles. The number of piperazine rings is 1. The van der Waals surface area contributed by atoms with E-state index < -0.39 is 0 Å². The number of carbonyl (C=O) groups excluding carboxylic acids is 1. The molecule has 1 aliphatic heterocycles. The quantitative estimate of drug-likeness (QED) is 0.295. The number of hydrogen-bond acceptors (Lipinski definition) is 6. The molecule has 1 fully saturated rings. The lowest BCUT2D eigenvalue weighted by Gasteiger charge is -2.36. The summed E-state index contributed by atoms with van der Waals surface area (Å²) in [5.74, 6) is -0.360. The number of carbonyl (C=O) groups is 1. The van der Waals surface area contributed by atoms with Gasteiger partial charge in [0, 0.05) is 38.1 Å². The molecule has 0 radical (unpaired) electrons. The first-order chi connectivity index (χ1) is 18.6. The van der Waals surface area contributed by atoms with Crippen LogP contribution in [0.2, 0.25) is 0 Å². The standard InChI is InChI=1S/C28H24F2N6OS/c29-20-11-9-19(10-12-20)17-36-23-7-3-1-5-21(23)26-27(36)31-28(33-32-26)38-18-25(37)35-15-13-34(14-16-35)24-8-4-2-6-22(24)30/h1-12H,13-18H2. The van der Waals surface area contributed by atoms with E-state index in [1.54, 1.807) is 29.2 Å². The van der Waals surface area contributed by atoms with E-state index in [0.717, 1.165) is 16.5 Å². The second kappa shape index (κ2) is 10.4. The SMILES string of the molecule is O=C(CSc1nnc2c3ccccc3n(Cc3ccc(F)cc3)c2n1)N1CCN(c2ccccc2F)CC1. The van der Waals surface area contributed by atoms with Crippen LogP contribution >= 0.6 is 11.8 Å². The minimum absolute atomic E-state index is 0.0151. The van der Waals surface area contributed by atoms with Crippen molar-refractivity contribution in [1.82, 2.24) is 24.6 Å². The number of fused-ring (bicyclic) bond motifs is 3. The summed E-state index contributed by atoms with van der Waals surface area (Å²) in [5.41, 5.74) is 3.81. The monoisotopic (exact) mass is 530 g/mol. The van der Waals surface area contributed by atoms with Crippen LogP contribution in [-0.4, -0.2) is 62.5 Å². The Morgan fingerprint density at radius 1 is 0.868 bits per heavy atom. The molecule has 0 saturated carbocycles. The summed E-state index contributed by atoms with van der Waals surface area (Å²) < 4.78 is 29.6. The van der Waals surface area contributed by atoms with Crippen molar-refractivity contribution in [2.75, 3.05) is 36.8 Å². The van der Waals surface area contributed by atoms with Crippen LogP contribution in [0.5, 0.6) is 0 Å². The lowest BCUT2D eigenvalue weighted by Crippen LogP contribution is -2.49. The molecule has 7 nitrogen and oxygen atoms in total. The van der Waals surface area contributed by atoms with E-state index in [2.05, 4.69) is 10.2 Å². The minimum Gasteiger partial charge on any atom is -0.366 e. The fourth-order valence-electron chi connectivity index (χ4n) is 4.81. The number of halogens is 2. The maximum Gasteiger partial charge on any atom is 0.233 e. The van der Waals surface area contributed by atoms with Crippen molar-refractivity contribution in [3.63, 3.8) is 0 Å². The molecule has 0 atom stereocenters. The highest BCUT2D eigenvalue weighted by Gasteiger charge is 2.23. The normalized spacial score (nSPS) is 13.9. The lowest BCUT2D eigenvalue weighted by molar-refractivity contribution is -0.128. The van der Waals surface area contributed by atoms with E-state index >= 15 is 0 Å². The van der Waals surface area contributed by atoms with Crippen molar-refractivity contribution in [2.24, 2.45) is 0 Å². The molecule has 10 heteroatoms. The van der Waals surface area contributed by atoms with Crippen LogP contribution in [0, 0.1) is 11.6 Å². The molecule has 192 valence electrons. The smallest absolute Gasteiger partial charge is 0.233 e. The van der Waals surface area contributed by atoms with E-state index in [-0.39, 0.29) is 23.3 Å². The van der Waals surface area contributed by atoms with E-state index in [1.165, 1.54) is 30.0 Å². The van der Waals surface area contributed by atoms with Crippen molar-refractivity contribution in [2.45, 2.75) is 11.7 Å². The number of aromatic nitrogens is 4. The van der Waals surface area contributed by atoms with Crippen molar-refractivity contribution in [3.05, 3.63) is 90.0 Å². The van der Waals surface area contributed by atoms with Gasteiger partial charge < -0.3 is 14.4 Å². The topological polar surface area (TPSA) is 67.2 Å². The number of thioether (sulfide) groups is 1. The number of hydrogen-bond donors (Lipinski definition) is 0. The van der Waals surface area contributed by atoms with Crippen LogP contribution < -0.4 is 4.90 Å². The van der Waals surface area contributed by atoms with Crippen molar-refractivity contribution in [3.8, 4) is 0 Å². The summed E-state index contributed by atoms with van der Waals surface area (Å²) in [5, 5.41) is 10.1. The third-order valence-electron chi connectivity index (χ3n) is 6.76. The molecular weight excluding hydrogens is 506 g/mol. The van der Waals surface area contributed by atoms with Gasteiger partial charge in [-0.2, -0.15) is 0 Å². The summed E-state index contributed by atoms with van der Waals surface area (Å²) in [4.78, 5) is 21.4. The summed E-state index contributed by atoms with van der Waals surface area (Å²) in [6.07, 6.45) is 0. The molecule has 3 heterocycles. The van der Waals surface area contributed by atoms with Crippen LogP contribution in [0.3, 0.4) is 0 Å². The van der Waals surface area contributed by atoms with E-state index in [0.29, 0.717) is 54.7 Å². The molecule has 1 aliphatic rings. The maximum atomic E-state index is 14.1. The molecule has 0 spiro atoms. The van der Waals surface area contributed by atoms with Crippen molar-refractivity contribution in [1.29, 1.82) is 0 Å². The van der Waals surface area contributed by atoms with Gasteiger partial charge in [-0.3, -0.25) is 4.79 Å².